The predicted octanol–water partition coefficient (Wildman–Crippen LogP) is 2.65. The van der Waals surface area contributed by atoms with E-state index in [2.05, 4.69) is 64.8 Å². The molecule has 1 aromatic carbocycles. The topological polar surface area (TPSA) is 58.1 Å². The first-order valence-corrected chi connectivity index (χ1v) is 10.3. The SMILES string of the molecule is CCNC(=NCCCOC1CCOC1)NCCCCN(C)c1ccccc1. The highest BCUT2D eigenvalue weighted by Crippen LogP contribution is 2.11. The molecule has 1 heterocycles. The first-order valence-electron chi connectivity index (χ1n) is 10.3. The van der Waals surface area contributed by atoms with Gasteiger partial charge in [0.25, 0.3) is 0 Å². The quantitative estimate of drug-likeness (QED) is 0.334. The fourth-order valence-corrected chi connectivity index (χ4v) is 2.98. The minimum absolute atomic E-state index is 0.286. The minimum atomic E-state index is 0.286. The Balaban J connectivity index is 1.55. The summed E-state index contributed by atoms with van der Waals surface area (Å²) >= 11 is 0. The van der Waals surface area contributed by atoms with Gasteiger partial charge in [0.15, 0.2) is 5.96 Å². The molecule has 6 nitrogen and oxygen atoms in total. The van der Waals surface area contributed by atoms with Gasteiger partial charge in [-0.25, -0.2) is 0 Å². The van der Waals surface area contributed by atoms with E-state index in [0.29, 0.717) is 0 Å². The summed E-state index contributed by atoms with van der Waals surface area (Å²) in [6, 6.07) is 10.5. The standard InChI is InChI=1S/C21H36N4O2/c1-3-22-21(24-14-9-16-27-20-12-17-26-18-20)23-13-7-8-15-25(2)19-10-5-4-6-11-19/h4-6,10-11,20H,3,7-9,12-18H2,1-2H3,(H2,22,23,24). The molecule has 152 valence electrons. The van der Waals surface area contributed by atoms with Gasteiger partial charge in [-0.15, -0.1) is 0 Å². The van der Waals surface area contributed by atoms with E-state index in [1.165, 1.54) is 5.69 Å². The fraction of sp³-hybridized carbons (Fsp3) is 0.667. The summed E-state index contributed by atoms with van der Waals surface area (Å²) in [5.41, 5.74) is 1.27. The van der Waals surface area contributed by atoms with E-state index in [-0.39, 0.29) is 6.10 Å². The summed E-state index contributed by atoms with van der Waals surface area (Å²) in [5, 5.41) is 6.73. The number of para-hydroxylation sites is 1. The number of guanidine groups is 1. The van der Waals surface area contributed by atoms with Crippen LogP contribution in [0.15, 0.2) is 35.3 Å². The number of benzene rings is 1. The summed E-state index contributed by atoms with van der Waals surface area (Å²) in [6.45, 7) is 8.06. The van der Waals surface area contributed by atoms with Gasteiger partial charge in [0.1, 0.15) is 0 Å². The predicted molar refractivity (Wildman–Crippen MR) is 113 cm³/mol. The van der Waals surface area contributed by atoms with E-state index in [4.69, 9.17) is 9.47 Å². The summed E-state index contributed by atoms with van der Waals surface area (Å²) in [7, 11) is 2.15. The highest BCUT2D eigenvalue weighted by molar-refractivity contribution is 5.79. The number of aliphatic imine (C=N–C) groups is 1. The zero-order chi connectivity index (χ0) is 19.2. The molecule has 27 heavy (non-hydrogen) atoms. The van der Waals surface area contributed by atoms with Gasteiger partial charge in [-0.2, -0.15) is 0 Å². The average molecular weight is 377 g/mol. The Hall–Kier alpha value is -1.79. The van der Waals surface area contributed by atoms with E-state index in [9.17, 15) is 0 Å². The van der Waals surface area contributed by atoms with Crippen LogP contribution in [0.3, 0.4) is 0 Å². The number of rotatable bonds is 12. The van der Waals surface area contributed by atoms with Crippen molar-refractivity contribution >= 4 is 11.6 Å². The van der Waals surface area contributed by atoms with Crippen molar-refractivity contribution in [3.63, 3.8) is 0 Å². The lowest BCUT2D eigenvalue weighted by molar-refractivity contribution is 0.0424. The summed E-state index contributed by atoms with van der Waals surface area (Å²) in [5.74, 6) is 0.901. The van der Waals surface area contributed by atoms with Crippen LogP contribution in [0.2, 0.25) is 0 Å². The van der Waals surface area contributed by atoms with Gasteiger partial charge in [0.05, 0.1) is 12.7 Å². The third kappa shape index (κ3) is 9.11. The van der Waals surface area contributed by atoms with Crippen molar-refractivity contribution in [3.05, 3.63) is 30.3 Å². The van der Waals surface area contributed by atoms with E-state index < -0.39 is 0 Å². The van der Waals surface area contributed by atoms with E-state index in [1.54, 1.807) is 0 Å². The van der Waals surface area contributed by atoms with Crippen LogP contribution >= 0.6 is 0 Å². The second-order valence-corrected chi connectivity index (χ2v) is 6.86. The minimum Gasteiger partial charge on any atom is -0.379 e. The van der Waals surface area contributed by atoms with E-state index in [1.807, 2.05) is 0 Å². The molecule has 1 fully saturated rings. The number of nitrogens with one attached hydrogen (secondary N) is 2. The molecule has 0 saturated carbocycles. The average Bonchev–Trinajstić information content (AvgIpc) is 3.21. The Kier molecular flexibility index (Phi) is 10.7. The molecule has 0 radical (unpaired) electrons. The number of hydrogen-bond acceptors (Lipinski definition) is 4. The Bertz CT molecular complexity index is 518. The number of ether oxygens (including phenoxy) is 2. The molecule has 1 unspecified atom stereocenters. The molecular formula is C21H36N4O2. The number of unbranched alkanes of at least 4 members (excludes halogenated alkanes) is 1. The third-order valence-electron chi connectivity index (χ3n) is 4.57. The molecule has 2 rings (SSSR count). The fourth-order valence-electron chi connectivity index (χ4n) is 2.98. The Morgan fingerprint density at radius 1 is 1.22 bits per heavy atom. The van der Waals surface area contributed by atoms with Gasteiger partial charge < -0.3 is 25.0 Å². The van der Waals surface area contributed by atoms with Crippen molar-refractivity contribution in [2.75, 3.05) is 57.9 Å². The lowest BCUT2D eigenvalue weighted by Gasteiger charge is -2.19. The van der Waals surface area contributed by atoms with Crippen LogP contribution in [0.4, 0.5) is 5.69 Å². The number of hydrogen-bond donors (Lipinski definition) is 2. The highest BCUT2D eigenvalue weighted by Gasteiger charge is 2.15. The van der Waals surface area contributed by atoms with Crippen molar-refractivity contribution in [3.8, 4) is 0 Å². The number of anilines is 1. The molecular weight excluding hydrogens is 340 g/mol. The monoisotopic (exact) mass is 376 g/mol. The Morgan fingerprint density at radius 3 is 2.81 bits per heavy atom. The van der Waals surface area contributed by atoms with Gasteiger partial charge >= 0.3 is 0 Å². The lowest BCUT2D eigenvalue weighted by Crippen LogP contribution is -2.38. The lowest BCUT2D eigenvalue weighted by atomic mass is 10.2. The highest BCUT2D eigenvalue weighted by atomic mass is 16.5. The molecule has 6 heteroatoms. The van der Waals surface area contributed by atoms with Gasteiger partial charge in [0.2, 0.25) is 0 Å². The Labute approximate surface area is 164 Å². The summed E-state index contributed by atoms with van der Waals surface area (Å²) < 4.78 is 11.1. The normalized spacial score (nSPS) is 17.1. The van der Waals surface area contributed by atoms with Gasteiger partial charge in [-0.05, 0) is 44.7 Å². The zero-order valence-electron chi connectivity index (χ0n) is 17.0. The van der Waals surface area contributed by atoms with E-state index >= 15 is 0 Å². The van der Waals surface area contributed by atoms with Crippen LogP contribution in [-0.2, 0) is 9.47 Å². The largest absolute Gasteiger partial charge is 0.379 e. The molecule has 1 aromatic rings. The second kappa shape index (κ2) is 13.4. The maximum atomic E-state index is 5.78. The van der Waals surface area contributed by atoms with Gasteiger partial charge in [0, 0.05) is 52.1 Å². The smallest absolute Gasteiger partial charge is 0.191 e. The van der Waals surface area contributed by atoms with Gasteiger partial charge in [-0.1, -0.05) is 18.2 Å². The van der Waals surface area contributed by atoms with Crippen LogP contribution < -0.4 is 15.5 Å². The zero-order valence-corrected chi connectivity index (χ0v) is 17.0. The molecule has 1 aliphatic rings. The van der Waals surface area contributed by atoms with Crippen LogP contribution in [0.1, 0.15) is 32.6 Å². The van der Waals surface area contributed by atoms with Crippen LogP contribution in [0.5, 0.6) is 0 Å². The maximum Gasteiger partial charge on any atom is 0.191 e. The first-order chi connectivity index (χ1) is 13.3. The van der Waals surface area contributed by atoms with Crippen molar-refractivity contribution in [1.82, 2.24) is 10.6 Å². The molecule has 0 spiro atoms. The van der Waals surface area contributed by atoms with Crippen LogP contribution in [0, 0.1) is 0 Å². The molecule has 0 aromatic heterocycles. The van der Waals surface area contributed by atoms with Crippen molar-refractivity contribution in [2.45, 2.75) is 38.7 Å². The number of nitrogens with zero attached hydrogens (tertiary/aromatic N) is 2. The van der Waals surface area contributed by atoms with Crippen LogP contribution in [-0.4, -0.2) is 65.1 Å². The maximum absolute atomic E-state index is 5.78. The third-order valence-corrected chi connectivity index (χ3v) is 4.57. The van der Waals surface area contributed by atoms with Crippen molar-refractivity contribution in [2.24, 2.45) is 4.99 Å². The first kappa shape index (κ1) is 21.5. The molecule has 1 atom stereocenters. The summed E-state index contributed by atoms with van der Waals surface area (Å²) in [6.07, 6.45) is 4.51. The van der Waals surface area contributed by atoms with Gasteiger partial charge in [-0.3, -0.25) is 4.99 Å². The molecule has 2 N–H and O–H groups in total. The second-order valence-electron chi connectivity index (χ2n) is 6.86. The van der Waals surface area contributed by atoms with Crippen LogP contribution in [0.25, 0.3) is 0 Å². The Morgan fingerprint density at radius 2 is 2.07 bits per heavy atom. The molecule has 0 amide bonds. The molecule has 0 bridgehead atoms. The van der Waals surface area contributed by atoms with Crippen molar-refractivity contribution in [1.29, 1.82) is 0 Å². The summed E-state index contributed by atoms with van der Waals surface area (Å²) in [4.78, 5) is 6.93. The molecule has 1 aliphatic heterocycles. The van der Waals surface area contributed by atoms with E-state index in [0.717, 1.165) is 77.6 Å². The molecule has 0 aliphatic carbocycles. The molecule has 1 saturated heterocycles. The van der Waals surface area contributed by atoms with Crippen molar-refractivity contribution < 1.29 is 9.47 Å².